The predicted molar refractivity (Wildman–Crippen MR) is 67.6 cm³/mol. The highest BCUT2D eigenvalue weighted by Gasteiger charge is 2.37. The number of rotatable bonds is 4. The summed E-state index contributed by atoms with van der Waals surface area (Å²) < 4.78 is 67.7. The fourth-order valence-corrected chi connectivity index (χ4v) is 2.80. The summed E-state index contributed by atoms with van der Waals surface area (Å²) >= 11 is 0. The van der Waals surface area contributed by atoms with Gasteiger partial charge in [-0.05, 0) is 32.2 Å². The molecule has 1 atom stereocenters. The van der Waals surface area contributed by atoms with E-state index in [1.165, 1.54) is 4.90 Å². The Labute approximate surface area is 118 Å². The minimum atomic E-state index is -2.11. The van der Waals surface area contributed by atoms with Crippen LogP contribution >= 0.6 is 0 Å². The maximum absolute atomic E-state index is 13.9. The Bertz CT molecular complexity index is 524. The van der Waals surface area contributed by atoms with Crippen molar-refractivity contribution in [3.05, 3.63) is 29.1 Å². The zero-order chi connectivity index (χ0) is 15.1. The largest absolute Gasteiger partial charge is 0.362 e. The second-order valence-corrected chi connectivity index (χ2v) is 5.60. The Morgan fingerprint density at radius 3 is 1.90 bits per heavy atom. The van der Waals surface area contributed by atoms with Crippen molar-refractivity contribution in [2.75, 3.05) is 18.0 Å². The molecule has 2 nitrogen and oxygen atoms in total. The zero-order valence-electron chi connectivity index (χ0n) is 11.2. The molecule has 1 aliphatic carbocycles. The topological polar surface area (TPSA) is 15.3 Å². The number of halogens is 5. The summed E-state index contributed by atoms with van der Waals surface area (Å²) in [5.41, 5.74) is -0.789. The molecular weight excluding hydrogens is 291 g/mol. The number of hydrogen-bond donors (Lipinski definition) is 1. The van der Waals surface area contributed by atoms with Gasteiger partial charge in [0, 0.05) is 18.6 Å². The molecule has 0 aromatic heterocycles. The summed E-state index contributed by atoms with van der Waals surface area (Å²) in [6.45, 7) is 1.06. The molecule has 3 rings (SSSR count). The van der Waals surface area contributed by atoms with Gasteiger partial charge in [0.15, 0.2) is 23.3 Å². The summed E-state index contributed by atoms with van der Waals surface area (Å²) in [6, 6.07) is -0.138. The minimum absolute atomic E-state index is 0.0144. The molecule has 1 saturated heterocycles. The zero-order valence-corrected chi connectivity index (χ0v) is 11.2. The SMILES string of the molecule is Fc1c(F)c(F)c(N(CC2CCCN2)C2CC2)c(F)c1F. The van der Waals surface area contributed by atoms with Crippen molar-refractivity contribution in [2.45, 2.75) is 37.8 Å². The smallest absolute Gasteiger partial charge is 0.200 e. The lowest BCUT2D eigenvalue weighted by atomic mass is 10.1. The van der Waals surface area contributed by atoms with Gasteiger partial charge in [-0.25, -0.2) is 22.0 Å². The van der Waals surface area contributed by atoms with E-state index in [0.717, 1.165) is 19.4 Å². The van der Waals surface area contributed by atoms with Crippen LogP contribution in [0.3, 0.4) is 0 Å². The van der Waals surface area contributed by atoms with Crippen molar-refractivity contribution in [3.8, 4) is 0 Å². The molecule has 7 heteroatoms. The fourth-order valence-electron chi connectivity index (χ4n) is 2.80. The lowest BCUT2D eigenvalue weighted by Gasteiger charge is -2.28. The maximum atomic E-state index is 13.9. The van der Waals surface area contributed by atoms with Gasteiger partial charge in [0.25, 0.3) is 0 Å². The molecule has 1 aromatic carbocycles. The van der Waals surface area contributed by atoms with Gasteiger partial charge < -0.3 is 10.2 Å². The van der Waals surface area contributed by atoms with Crippen molar-refractivity contribution in [2.24, 2.45) is 0 Å². The molecule has 2 fully saturated rings. The molecule has 0 bridgehead atoms. The minimum Gasteiger partial charge on any atom is -0.362 e. The Balaban J connectivity index is 1.99. The van der Waals surface area contributed by atoms with Crippen LogP contribution in [0.25, 0.3) is 0 Å². The predicted octanol–water partition coefficient (Wildman–Crippen LogP) is 3.10. The summed E-state index contributed by atoms with van der Waals surface area (Å²) in [5.74, 6) is -9.35. The standard InChI is InChI=1S/C14H15F5N2/c15-9-10(16)12(18)14(13(19)11(9)17)21(8-3-4-8)6-7-2-1-5-20-7/h7-8,20H,1-6H2. The molecule has 0 amide bonds. The van der Waals surface area contributed by atoms with Crippen LogP contribution < -0.4 is 10.2 Å². The van der Waals surface area contributed by atoms with Crippen molar-refractivity contribution >= 4 is 5.69 Å². The molecule has 1 saturated carbocycles. The molecule has 1 unspecified atom stereocenters. The van der Waals surface area contributed by atoms with E-state index in [1.54, 1.807) is 0 Å². The first kappa shape index (κ1) is 14.6. The van der Waals surface area contributed by atoms with Gasteiger partial charge in [0.05, 0.1) is 0 Å². The second kappa shape index (κ2) is 5.44. The summed E-state index contributed by atoms with van der Waals surface area (Å²) in [7, 11) is 0. The van der Waals surface area contributed by atoms with Gasteiger partial charge in [-0.3, -0.25) is 0 Å². The third-order valence-corrected chi connectivity index (χ3v) is 4.04. The van der Waals surface area contributed by atoms with Gasteiger partial charge >= 0.3 is 0 Å². The molecule has 116 valence electrons. The summed E-state index contributed by atoms with van der Waals surface area (Å²) in [5, 5.41) is 3.17. The number of benzene rings is 1. The van der Waals surface area contributed by atoms with Crippen LogP contribution in [0, 0.1) is 29.1 Å². The number of anilines is 1. The van der Waals surface area contributed by atoms with Crippen LogP contribution in [0.5, 0.6) is 0 Å². The highest BCUT2D eigenvalue weighted by molar-refractivity contribution is 5.52. The van der Waals surface area contributed by atoms with Gasteiger partial charge in [0.1, 0.15) is 5.69 Å². The molecule has 2 aliphatic rings. The number of hydrogen-bond acceptors (Lipinski definition) is 2. The molecule has 0 spiro atoms. The van der Waals surface area contributed by atoms with Crippen LogP contribution in [0.4, 0.5) is 27.6 Å². The Kier molecular flexibility index (Phi) is 3.77. The van der Waals surface area contributed by atoms with Crippen molar-refractivity contribution < 1.29 is 22.0 Å². The fraction of sp³-hybridized carbons (Fsp3) is 0.571. The number of nitrogens with zero attached hydrogens (tertiary/aromatic N) is 1. The van der Waals surface area contributed by atoms with E-state index in [1.807, 2.05) is 0 Å². The molecule has 1 heterocycles. The van der Waals surface area contributed by atoms with E-state index in [4.69, 9.17) is 0 Å². The average molecular weight is 306 g/mol. The molecule has 21 heavy (non-hydrogen) atoms. The van der Waals surface area contributed by atoms with Crippen LogP contribution in [-0.4, -0.2) is 25.2 Å². The Hall–Kier alpha value is -1.37. The van der Waals surface area contributed by atoms with Gasteiger partial charge in [0.2, 0.25) is 5.82 Å². The number of nitrogens with one attached hydrogen (secondary N) is 1. The quantitative estimate of drug-likeness (QED) is 0.522. The lowest BCUT2D eigenvalue weighted by Crippen LogP contribution is -2.40. The van der Waals surface area contributed by atoms with E-state index in [-0.39, 0.29) is 18.6 Å². The van der Waals surface area contributed by atoms with E-state index < -0.39 is 34.8 Å². The van der Waals surface area contributed by atoms with Crippen LogP contribution in [0.15, 0.2) is 0 Å². The molecule has 1 aliphatic heterocycles. The van der Waals surface area contributed by atoms with Crippen molar-refractivity contribution in [1.29, 1.82) is 0 Å². The monoisotopic (exact) mass is 306 g/mol. The molecule has 1 aromatic rings. The van der Waals surface area contributed by atoms with Crippen LogP contribution in [-0.2, 0) is 0 Å². The normalized spacial score (nSPS) is 21.9. The van der Waals surface area contributed by atoms with Crippen LogP contribution in [0.1, 0.15) is 25.7 Å². The molecule has 0 radical (unpaired) electrons. The van der Waals surface area contributed by atoms with Gasteiger partial charge in [-0.2, -0.15) is 0 Å². The van der Waals surface area contributed by atoms with E-state index in [9.17, 15) is 22.0 Å². The van der Waals surface area contributed by atoms with Crippen LogP contribution in [0.2, 0.25) is 0 Å². The molecule has 1 N–H and O–H groups in total. The first-order valence-electron chi connectivity index (χ1n) is 7.02. The van der Waals surface area contributed by atoms with Crippen molar-refractivity contribution in [1.82, 2.24) is 5.32 Å². The highest BCUT2D eigenvalue weighted by Crippen LogP contribution is 2.37. The Morgan fingerprint density at radius 1 is 0.857 bits per heavy atom. The first-order chi connectivity index (χ1) is 10.0. The lowest BCUT2D eigenvalue weighted by molar-refractivity contribution is 0.376. The second-order valence-electron chi connectivity index (χ2n) is 5.60. The van der Waals surface area contributed by atoms with Crippen molar-refractivity contribution in [3.63, 3.8) is 0 Å². The van der Waals surface area contributed by atoms with E-state index in [2.05, 4.69) is 5.32 Å². The Morgan fingerprint density at radius 2 is 1.43 bits per heavy atom. The van der Waals surface area contributed by atoms with Gasteiger partial charge in [-0.1, -0.05) is 0 Å². The van der Waals surface area contributed by atoms with Gasteiger partial charge in [-0.15, -0.1) is 0 Å². The third-order valence-electron chi connectivity index (χ3n) is 4.04. The first-order valence-corrected chi connectivity index (χ1v) is 7.02. The van der Waals surface area contributed by atoms with E-state index in [0.29, 0.717) is 12.8 Å². The van der Waals surface area contributed by atoms with E-state index >= 15 is 0 Å². The highest BCUT2D eigenvalue weighted by atomic mass is 19.2. The maximum Gasteiger partial charge on any atom is 0.200 e. The average Bonchev–Trinajstić information content (AvgIpc) is 3.19. The molecular formula is C14H15F5N2. The summed E-state index contributed by atoms with van der Waals surface area (Å²) in [6.07, 6.45) is 3.18. The summed E-state index contributed by atoms with van der Waals surface area (Å²) in [4.78, 5) is 1.33. The third kappa shape index (κ3) is 2.59.